The molecule has 0 aliphatic carbocycles. The van der Waals surface area contributed by atoms with E-state index < -0.39 is 0 Å². The van der Waals surface area contributed by atoms with Gasteiger partial charge in [0.15, 0.2) is 0 Å². The van der Waals surface area contributed by atoms with E-state index in [4.69, 9.17) is 17.4 Å². The van der Waals surface area contributed by atoms with Crippen LogP contribution in [0.25, 0.3) is 0 Å². The van der Waals surface area contributed by atoms with E-state index in [9.17, 15) is 0 Å². The number of hydrogen-bond acceptors (Lipinski definition) is 2. The highest BCUT2D eigenvalue weighted by molar-refractivity contribution is 14.1. The maximum atomic E-state index is 5.94. The minimum Gasteiger partial charge on any atom is -0.271 e. The van der Waals surface area contributed by atoms with Crippen LogP contribution in [0.2, 0.25) is 5.02 Å². The molecule has 0 saturated carbocycles. The summed E-state index contributed by atoms with van der Waals surface area (Å²) in [4.78, 5) is 0. The molecule has 2 nitrogen and oxygen atoms in total. The first kappa shape index (κ1) is 10.2. The van der Waals surface area contributed by atoms with Gasteiger partial charge in [0.2, 0.25) is 0 Å². The second-order valence-corrected chi connectivity index (χ2v) is 4.13. The van der Waals surface area contributed by atoms with Gasteiger partial charge in [-0.15, -0.1) is 0 Å². The summed E-state index contributed by atoms with van der Waals surface area (Å²) < 4.78 is 1.06. The summed E-state index contributed by atoms with van der Waals surface area (Å²) in [7, 11) is 0. The van der Waals surface area contributed by atoms with Crippen molar-refractivity contribution in [3.8, 4) is 0 Å². The smallest absolute Gasteiger partial charge is 0.0542 e. The standard InChI is InChI=1S/C8H10ClIN2/c1-5(12-11)6-2-3-8(10)7(9)4-6/h2-5,12H,11H2,1H3. The summed E-state index contributed by atoms with van der Waals surface area (Å²) >= 11 is 8.13. The van der Waals surface area contributed by atoms with Gasteiger partial charge in [0.25, 0.3) is 0 Å². The molecule has 0 aliphatic rings. The molecule has 0 fully saturated rings. The molecule has 12 heavy (non-hydrogen) atoms. The second kappa shape index (κ2) is 4.41. The van der Waals surface area contributed by atoms with Crippen LogP contribution in [0.5, 0.6) is 0 Å². The fourth-order valence-corrected chi connectivity index (χ4v) is 1.40. The molecule has 1 atom stereocenters. The van der Waals surface area contributed by atoms with Crippen LogP contribution >= 0.6 is 34.2 Å². The Morgan fingerprint density at radius 1 is 1.58 bits per heavy atom. The minimum absolute atomic E-state index is 0.138. The molecule has 0 amide bonds. The Balaban J connectivity index is 2.96. The lowest BCUT2D eigenvalue weighted by atomic mass is 10.1. The van der Waals surface area contributed by atoms with E-state index in [1.807, 2.05) is 25.1 Å². The quantitative estimate of drug-likeness (QED) is 0.500. The topological polar surface area (TPSA) is 38.0 Å². The first-order chi connectivity index (χ1) is 5.65. The zero-order valence-corrected chi connectivity index (χ0v) is 9.56. The van der Waals surface area contributed by atoms with E-state index >= 15 is 0 Å². The molecule has 1 rings (SSSR count). The molecule has 0 radical (unpaired) electrons. The van der Waals surface area contributed by atoms with Gasteiger partial charge in [0.05, 0.1) is 5.02 Å². The van der Waals surface area contributed by atoms with Crippen molar-refractivity contribution in [2.24, 2.45) is 5.84 Å². The maximum absolute atomic E-state index is 5.94. The Morgan fingerprint density at radius 3 is 2.75 bits per heavy atom. The molecule has 4 heteroatoms. The predicted octanol–water partition coefficient (Wildman–Crippen LogP) is 2.47. The van der Waals surface area contributed by atoms with Crippen molar-refractivity contribution in [1.82, 2.24) is 5.43 Å². The van der Waals surface area contributed by atoms with Crippen LogP contribution in [-0.2, 0) is 0 Å². The van der Waals surface area contributed by atoms with Gasteiger partial charge < -0.3 is 0 Å². The van der Waals surface area contributed by atoms with Crippen LogP contribution < -0.4 is 11.3 Å². The Kier molecular flexibility index (Phi) is 3.77. The largest absolute Gasteiger partial charge is 0.271 e. The summed E-state index contributed by atoms with van der Waals surface area (Å²) in [6, 6.07) is 6.05. The lowest BCUT2D eigenvalue weighted by molar-refractivity contribution is 0.602. The number of benzene rings is 1. The molecule has 1 unspecified atom stereocenters. The summed E-state index contributed by atoms with van der Waals surface area (Å²) in [5.41, 5.74) is 3.77. The van der Waals surface area contributed by atoms with E-state index in [2.05, 4.69) is 28.0 Å². The lowest BCUT2D eigenvalue weighted by Crippen LogP contribution is -2.25. The fraction of sp³-hybridized carbons (Fsp3) is 0.250. The highest BCUT2D eigenvalue weighted by atomic mass is 127. The third-order valence-corrected chi connectivity index (χ3v) is 3.27. The average Bonchev–Trinajstić information content (AvgIpc) is 2.08. The van der Waals surface area contributed by atoms with Crippen molar-refractivity contribution in [3.05, 3.63) is 32.4 Å². The summed E-state index contributed by atoms with van der Waals surface area (Å²) in [6.07, 6.45) is 0. The minimum atomic E-state index is 0.138. The molecule has 0 aliphatic heterocycles. The van der Waals surface area contributed by atoms with Crippen molar-refractivity contribution in [2.45, 2.75) is 13.0 Å². The molecule has 0 spiro atoms. The van der Waals surface area contributed by atoms with Crippen LogP contribution in [0.4, 0.5) is 0 Å². The Labute approximate surface area is 90.6 Å². The average molecular weight is 297 g/mol. The number of hydrazine groups is 1. The molecular formula is C8H10ClIN2. The molecule has 0 aromatic heterocycles. The van der Waals surface area contributed by atoms with Gasteiger partial charge in [-0.3, -0.25) is 11.3 Å². The molecule has 66 valence electrons. The molecule has 0 saturated heterocycles. The highest BCUT2D eigenvalue weighted by Crippen LogP contribution is 2.22. The van der Waals surface area contributed by atoms with Crippen molar-refractivity contribution in [2.75, 3.05) is 0 Å². The zero-order valence-electron chi connectivity index (χ0n) is 6.64. The van der Waals surface area contributed by atoms with E-state index in [1.165, 1.54) is 0 Å². The van der Waals surface area contributed by atoms with Crippen LogP contribution in [-0.4, -0.2) is 0 Å². The third-order valence-electron chi connectivity index (χ3n) is 1.69. The van der Waals surface area contributed by atoms with Gasteiger partial charge in [-0.2, -0.15) is 0 Å². The Hall–Kier alpha value is 0.160. The van der Waals surface area contributed by atoms with E-state index in [0.29, 0.717) is 0 Å². The maximum Gasteiger partial charge on any atom is 0.0542 e. The summed E-state index contributed by atoms with van der Waals surface area (Å²) in [5.74, 6) is 5.30. The van der Waals surface area contributed by atoms with Gasteiger partial charge in [0, 0.05) is 9.61 Å². The summed E-state index contributed by atoms with van der Waals surface area (Å²) in [5, 5.41) is 0.773. The van der Waals surface area contributed by atoms with Crippen LogP contribution in [0.15, 0.2) is 18.2 Å². The predicted molar refractivity (Wildman–Crippen MR) is 59.9 cm³/mol. The SMILES string of the molecule is CC(NN)c1ccc(I)c(Cl)c1. The molecule has 1 aromatic rings. The Bertz CT molecular complexity index is 278. The number of hydrogen-bond donors (Lipinski definition) is 2. The first-order valence-electron chi connectivity index (χ1n) is 3.56. The third kappa shape index (κ3) is 2.32. The molecule has 3 N–H and O–H groups in total. The number of rotatable bonds is 2. The second-order valence-electron chi connectivity index (χ2n) is 2.56. The first-order valence-corrected chi connectivity index (χ1v) is 5.02. The monoisotopic (exact) mass is 296 g/mol. The zero-order chi connectivity index (χ0) is 9.14. The van der Waals surface area contributed by atoms with Crippen LogP contribution in [0.3, 0.4) is 0 Å². The van der Waals surface area contributed by atoms with Gasteiger partial charge in [-0.05, 0) is 47.2 Å². The van der Waals surface area contributed by atoms with E-state index in [0.717, 1.165) is 14.2 Å². The van der Waals surface area contributed by atoms with Gasteiger partial charge in [-0.1, -0.05) is 17.7 Å². The number of nitrogens with two attached hydrogens (primary N) is 1. The highest BCUT2D eigenvalue weighted by Gasteiger charge is 2.04. The van der Waals surface area contributed by atoms with Gasteiger partial charge >= 0.3 is 0 Å². The van der Waals surface area contributed by atoms with Gasteiger partial charge in [-0.25, -0.2) is 0 Å². The Morgan fingerprint density at radius 2 is 2.25 bits per heavy atom. The number of halogens is 2. The molecule has 0 bridgehead atoms. The van der Waals surface area contributed by atoms with Crippen molar-refractivity contribution < 1.29 is 0 Å². The normalized spacial score (nSPS) is 13.0. The lowest BCUT2D eigenvalue weighted by Gasteiger charge is -2.10. The van der Waals surface area contributed by atoms with Crippen molar-refractivity contribution in [3.63, 3.8) is 0 Å². The number of nitrogens with one attached hydrogen (secondary N) is 1. The summed E-state index contributed by atoms with van der Waals surface area (Å²) in [6.45, 7) is 1.98. The molecule has 1 aromatic carbocycles. The van der Waals surface area contributed by atoms with Crippen LogP contribution in [0.1, 0.15) is 18.5 Å². The van der Waals surface area contributed by atoms with E-state index in [-0.39, 0.29) is 6.04 Å². The molecular weight excluding hydrogens is 286 g/mol. The van der Waals surface area contributed by atoms with Gasteiger partial charge in [0.1, 0.15) is 0 Å². The van der Waals surface area contributed by atoms with Crippen molar-refractivity contribution >= 4 is 34.2 Å². The fourth-order valence-electron chi connectivity index (χ4n) is 0.878. The molecule has 0 heterocycles. The van der Waals surface area contributed by atoms with Crippen molar-refractivity contribution in [1.29, 1.82) is 0 Å². The van der Waals surface area contributed by atoms with Crippen LogP contribution in [0, 0.1) is 3.57 Å². The van der Waals surface area contributed by atoms with E-state index in [1.54, 1.807) is 0 Å².